The quantitative estimate of drug-likeness (QED) is 0.723. The van der Waals surface area contributed by atoms with Crippen molar-refractivity contribution in [1.29, 1.82) is 0 Å². The molecule has 1 unspecified atom stereocenters. The van der Waals surface area contributed by atoms with E-state index in [1.165, 1.54) is 0 Å². The first-order chi connectivity index (χ1) is 12.3. The minimum atomic E-state index is -3.35. The zero-order valence-corrected chi connectivity index (χ0v) is 15.2. The highest BCUT2D eigenvalue weighted by Crippen LogP contribution is 2.19. The second-order valence-electron chi connectivity index (χ2n) is 6.08. The molecule has 1 aromatic heterocycles. The molecule has 3 aromatic rings. The van der Waals surface area contributed by atoms with Gasteiger partial charge in [-0.3, -0.25) is 9.52 Å². The fourth-order valence-electron chi connectivity index (χ4n) is 2.63. The number of nitrogens with zero attached hydrogens (tertiary/aromatic N) is 1. The molecule has 1 atom stereocenters. The molecule has 0 bridgehead atoms. The Morgan fingerprint density at radius 3 is 2.58 bits per heavy atom. The molecule has 2 N–H and O–H groups in total. The molecule has 0 fully saturated rings. The van der Waals surface area contributed by atoms with Crippen LogP contribution in [0.2, 0.25) is 0 Å². The van der Waals surface area contributed by atoms with E-state index in [2.05, 4.69) is 15.0 Å². The molecule has 26 heavy (non-hydrogen) atoms. The Morgan fingerprint density at radius 1 is 1.04 bits per heavy atom. The van der Waals surface area contributed by atoms with Gasteiger partial charge < -0.3 is 5.32 Å². The zero-order chi connectivity index (χ0) is 18.7. The summed E-state index contributed by atoms with van der Waals surface area (Å²) in [6.45, 7) is 1.83. The zero-order valence-electron chi connectivity index (χ0n) is 14.4. The molecule has 2 aromatic carbocycles. The first-order valence-corrected chi connectivity index (χ1v) is 9.95. The van der Waals surface area contributed by atoms with Gasteiger partial charge in [-0.05, 0) is 36.8 Å². The summed E-state index contributed by atoms with van der Waals surface area (Å²) in [7, 11) is -3.35. The third-order valence-electron chi connectivity index (χ3n) is 3.87. The Balaban J connectivity index is 1.77. The Morgan fingerprint density at radius 2 is 1.81 bits per heavy atom. The minimum absolute atomic E-state index is 0.287. The highest BCUT2D eigenvalue weighted by atomic mass is 32.2. The van der Waals surface area contributed by atoms with E-state index in [0.717, 1.165) is 22.7 Å². The standard InChI is InChI=1S/C19H19N3O3S/c1-13(15-7-5-8-16(12-15)22-26(2,24)25)20-19(23)18-11-10-14-6-3-4-9-17(14)21-18/h3-13,22H,1-2H3,(H,20,23). The van der Waals surface area contributed by atoms with Crippen molar-refractivity contribution >= 4 is 32.5 Å². The van der Waals surface area contributed by atoms with E-state index in [9.17, 15) is 13.2 Å². The van der Waals surface area contributed by atoms with Crippen LogP contribution in [0, 0.1) is 0 Å². The van der Waals surface area contributed by atoms with E-state index >= 15 is 0 Å². The molecule has 134 valence electrons. The van der Waals surface area contributed by atoms with E-state index in [4.69, 9.17) is 0 Å². The average molecular weight is 369 g/mol. The van der Waals surface area contributed by atoms with Gasteiger partial charge in [0.1, 0.15) is 5.69 Å². The van der Waals surface area contributed by atoms with Crippen LogP contribution in [0.15, 0.2) is 60.7 Å². The number of para-hydroxylation sites is 1. The van der Waals surface area contributed by atoms with Crippen LogP contribution in [0.25, 0.3) is 10.9 Å². The second-order valence-corrected chi connectivity index (χ2v) is 7.83. The van der Waals surface area contributed by atoms with Crippen molar-refractivity contribution in [2.24, 2.45) is 0 Å². The van der Waals surface area contributed by atoms with Gasteiger partial charge in [0.15, 0.2) is 0 Å². The predicted octanol–water partition coefficient (Wildman–Crippen LogP) is 3.10. The number of anilines is 1. The third-order valence-corrected chi connectivity index (χ3v) is 4.48. The fourth-order valence-corrected chi connectivity index (χ4v) is 3.19. The number of pyridine rings is 1. The summed E-state index contributed by atoms with van der Waals surface area (Å²) in [5, 5.41) is 3.86. The summed E-state index contributed by atoms with van der Waals surface area (Å²) in [6, 6.07) is 17.7. The Bertz CT molecular complexity index is 1060. The maximum absolute atomic E-state index is 12.5. The molecule has 0 aliphatic rings. The van der Waals surface area contributed by atoms with Gasteiger partial charge >= 0.3 is 0 Å². The lowest BCUT2D eigenvalue weighted by atomic mass is 10.1. The maximum atomic E-state index is 12.5. The molecule has 0 saturated carbocycles. The number of hydrogen-bond acceptors (Lipinski definition) is 4. The van der Waals surface area contributed by atoms with E-state index in [1.807, 2.05) is 43.3 Å². The summed E-state index contributed by atoms with van der Waals surface area (Å²) in [5.41, 5.74) is 2.33. The normalized spacial score (nSPS) is 12.5. The van der Waals surface area contributed by atoms with E-state index < -0.39 is 10.0 Å². The Labute approximate surface area is 152 Å². The van der Waals surface area contributed by atoms with Gasteiger partial charge in [0.25, 0.3) is 5.91 Å². The minimum Gasteiger partial charge on any atom is -0.344 e. The number of fused-ring (bicyclic) bond motifs is 1. The summed E-state index contributed by atoms with van der Waals surface area (Å²) >= 11 is 0. The molecule has 6 nitrogen and oxygen atoms in total. The molecule has 1 amide bonds. The molecule has 3 rings (SSSR count). The Kier molecular flexibility index (Phi) is 4.90. The lowest BCUT2D eigenvalue weighted by Gasteiger charge is -2.15. The van der Waals surface area contributed by atoms with Crippen molar-refractivity contribution in [2.75, 3.05) is 11.0 Å². The summed E-state index contributed by atoms with van der Waals surface area (Å²) < 4.78 is 25.2. The number of aromatic nitrogens is 1. The first-order valence-electron chi connectivity index (χ1n) is 8.06. The van der Waals surface area contributed by atoms with Gasteiger partial charge in [-0.15, -0.1) is 0 Å². The van der Waals surface area contributed by atoms with Crippen molar-refractivity contribution in [3.8, 4) is 0 Å². The highest BCUT2D eigenvalue weighted by Gasteiger charge is 2.14. The van der Waals surface area contributed by atoms with Crippen LogP contribution in [0.3, 0.4) is 0 Å². The van der Waals surface area contributed by atoms with Crippen LogP contribution in [0.4, 0.5) is 5.69 Å². The maximum Gasteiger partial charge on any atom is 0.270 e. The molecule has 0 radical (unpaired) electrons. The molecule has 0 saturated heterocycles. The fraction of sp³-hybridized carbons (Fsp3) is 0.158. The number of sulfonamides is 1. The molecule has 0 spiro atoms. The van der Waals surface area contributed by atoms with Crippen LogP contribution in [-0.4, -0.2) is 25.6 Å². The summed E-state index contributed by atoms with van der Waals surface area (Å²) in [5.74, 6) is -0.287. The van der Waals surface area contributed by atoms with Crippen LogP contribution in [0.5, 0.6) is 0 Å². The molecular formula is C19H19N3O3S. The number of carbonyl (C=O) groups excluding carboxylic acids is 1. The predicted molar refractivity (Wildman–Crippen MR) is 103 cm³/mol. The highest BCUT2D eigenvalue weighted by molar-refractivity contribution is 7.92. The smallest absolute Gasteiger partial charge is 0.270 e. The van der Waals surface area contributed by atoms with Crippen LogP contribution < -0.4 is 10.0 Å². The monoisotopic (exact) mass is 369 g/mol. The summed E-state index contributed by atoms with van der Waals surface area (Å²) in [6.07, 6.45) is 1.09. The molecule has 1 heterocycles. The Hall–Kier alpha value is -2.93. The third kappa shape index (κ3) is 4.37. The summed E-state index contributed by atoms with van der Waals surface area (Å²) in [4.78, 5) is 16.9. The van der Waals surface area contributed by atoms with Gasteiger partial charge in [0.2, 0.25) is 10.0 Å². The lowest BCUT2D eigenvalue weighted by molar-refractivity contribution is 0.0935. The van der Waals surface area contributed by atoms with E-state index in [0.29, 0.717) is 11.4 Å². The number of amides is 1. The molecule has 7 heteroatoms. The van der Waals surface area contributed by atoms with Crippen LogP contribution >= 0.6 is 0 Å². The molecular weight excluding hydrogens is 350 g/mol. The van der Waals surface area contributed by atoms with Gasteiger partial charge in [-0.2, -0.15) is 0 Å². The van der Waals surface area contributed by atoms with Crippen molar-refractivity contribution in [2.45, 2.75) is 13.0 Å². The van der Waals surface area contributed by atoms with Crippen molar-refractivity contribution < 1.29 is 13.2 Å². The number of hydrogen-bond donors (Lipinski definition) is 2. The average Bonchev–Trinajstić information content (AvgIpc) is 2.60. The lowest BCUT2D eigenvalue weighted by Crippen LogP contribution is -2.27. The van der Waals surface area contributed by atoms with E-state index in [1.54, 1.807) is 24.3 Å². The van der Waals surface area contributed by atoms with Crippen molar-refractivity contribution in [1.82, 2.24) is 10.3 Å². The largest absolute Gasteiger partial charge is 0.344 e. The van der Waals surface area contributed by atoms with Crippen molar-refractivity contribution in [3.63, 3.8) is 0 Å². The SMILES string of the molecule is CC(NC(=O)c1ccc2ccccc2n1)c1cccc(NS(C)(=O)=O)c1. The van der Waals surface area contributed by atoms with Crippen LogP contribution in [0.1, 0.15) is 29.0 Å². The van der Waals surface area contributed by atoms with E-state index in [-0.39, 0.29) is 11.9 Å². The number of rotatable bonds is 5. The van der Waals surface area contributed by atoms with Gasteiger partial charge in [0.05, 0.1) is 17.8 Å². The van der Waals surface area contributed by atoms with Gasteiger partial charge in [-0.25, -0.2) is 13.4 Å². The molecule has 0 aliphatic carbocycles. The van der Waals surface area contributed by atoms with Crippen LogP contribution in [-0.2, 0) is 10.0 Å². The number of carbonyl (C=O) groups is 1. The molecule has 0 aliphatic heterocycles. The van der Waals surface area contributed by atoms with Gasteiger partial charge in [0, 0.05) is 11.1 Å². The second kappa shape index (κ2) is 7.13. The van der Waals surface area contributed by atoms with Crippen molar-refractivity contribution in [3.05, 3.63) is 71.9 Å². The first kappa shape index (κ1) is 17.9. The topological polar surface area (TPSA) is 88.2 Å². The van der Waals surface area contributed by atoms with Gasteiger partial charge in [-0.1, -0.05) is 36.4 Å². The number of nitrogens with one attached hydrogen (secondary N) is 2. The number of benzene rings is 2.